The van der Waals surface area contributed by atoms with E-state index in [-0.39, 0.29) is 6.04 Å². The Kier molecular flexibility index (Phi) is 4.26. The van der Waals surface area contributed by atoms with Crippen molar-refractivity contribution in [2.24, 2.45) is 0 Å². The van der Waals surface area contributed by atoms with Gasteiger partial charge in [-0.25, -0.2) is 0 Å². The number of carbonyl (C=O) groups excluding carboxylic acids is 1. The zero-order valence-electron chi connectivity index (χ0n) is 10.7. The van der Waals surface area contributed by atoms with E-state index in [0.717, 1.165) is 5.56 Å². The highest BCUT2D eigenvalue weighted by Crippen LogP contribution is 2.14. The fourth-order valence-electron chi connectivity index (χ4n) is 1.79. The lowest BCUT2D eigenvalue weighted by Gasteiger charge is -2.17. The number of carbonyl (C=O) groups is 1. The Morgan fingerprint density at radius 2 is 1.84 bits per heavy atom. The normalized spacial score (nSPS) is 13.6. The van der Waals surface area contributed by atoms with Crippen molar-refractivity contribution >= 4 is 5.91 Å². The number of hydrogen-bond donors (Lipinski definition) is 2. The van der Waals surface area contributed by atoms with Crippen LogP contribution in [0.15, 0.2) is 54.7 Å². The van der Waals surface area contributed by atoms with E-state index in [0.29, 0.717) is 5.69 Å². The third-order valence-electron chi connectivity index (χ3n) is 2.87. The van der Waals surface area contributed by atoms with Gasteiger partial charge in [-0.15, -0.1) is 0 Å². The monoisotopic (exact) mass is 256 g/mol. The quantitative estimate of drug-likeness (QED) is 0.879. The number of aliphatic hydroxyl groups excluding tert-OH is 1. The first-order valence-electron chi connectivity index (χ1n) is 6.13. The zero-order chi connectivity index (χ0) is 13.7. The molecule has 0 radical (unpaired) electrons. The van der Waals surface area contributed by atoms with Gasteiger partial charge in [-0.3, -0.25) is 9.78 Å². The molecule has 19 heavy (non-hydrogen) atoms. The molecule has 0 aliphatic rings. The van der Waals surface area contributed by atoms with Crippen molar-refractivity contribution in [1.29, 1.82) is 0 Å². The maximum atomic E-state index is 11.9. The average Bonchev–Trinajstić information content (AvgIpc) is 2.48. The fourth-order valence-corrected chi connectivity index (χ4v) is 1.79. The van der Waals surface area contributed by atoms with Crippen LogP contribution in [0.3, 0.4) is 0 Å². The number of amides is 1. The molecule has 98 valence electrons. The van der Waals surface area contributed by atoms with E-state index >= 15 is 0 Å². The number of aromatic nitrogens is 1. The van der Waals surface area contributed by atoms with Crippen LogP contribution in [0, 0.1) is 0 Å². The summed E-state index contributed by atoms with van der Waals surface area (Å²) in [4.78, 5) is 15.9. The van der Waals surface area contributed by atoms with Gasteiger partial charge in [0.2, 0.25) is 0 Å². The Hall–Kier alpha value is -2.20. The summed E-state index contributed by atoms with van der Waals surface area (Å²) in [5.41, 5.74) is 1.34. The molecule has 4 heteroatoms. The molecule has 1 aromatic carbocycles. The Labute approximate surface area is 112 Å². The Morgan fingerprint density at radius 3 is 2.47 bits per heavy atom. The second-order valence-corrected chi connectivity index (χ2v) is 4.30. The van der Waals surface area contributed by atoms with E-state index in [2.05, 4.69) is 10.3 Å². The molecule has 2 aromatic rings. The minimum absolute atomic E-state index is 0.160. The Balaban J connectivity index is 2.02. The summed E-state index contributed by atoms with van der Waals surface area (Å²) in [5, 5.41) is 12.7. The number of benzene rings is 1. The molecular formula is C15H16N2O2. The van der Waals surface area contributed by atoms with E-state index in [9.17, 15) is 9.90 Å². The maximum absolute atomic E-state index is 11.9. The van der Waals surface area contributed by atoms with Gasteiger partial charge in [0.1, 0.15) is 0 Å². The summed E-state index contributed by atoms with van der Waals surface area (Å²) < 4.78 is 0. The molecule has 0 saturated carbocycles. The van der Waals surface area contributed by atoms with Crippen molar-refractivity contribution in [2.75, 3.05) is 0 Å². The van der Waals surface area contributed by atoms with Crippen molar-refractivity contribution in [2.45, 2.75) is 19.1 Å². The molecule has 0 saturated heterocycles. The van der Waals surface area contributed by atoms with Gasteiger partial charge < -0.3 is 10.4 Å². The van der Waals surface area contributed by atoms with Crippen molar-refractivity contribution < 1.29 is 9.90 Å². The molecule has 0 aliphatic carbocycles. The van der Waals surface area contributed by atoms with Crippen molar-refractivity contribution in [3.05, 3.63) is 66.0 Å². The summed E-state index contributed by atoms with van der Waals surface area (Å²) in [7, 11) is 0. The molecule has 2 rings (SSSR count). The molecule has 0 bridgehead atoms. The van der Waals surface area contributed by atoms with Crippen LogP contribution in [0.2, 0.25) is 0 Å². The first-order chi connectivity index (χ1) is 9.18. The van der Waals surface area contributed by atoms with E-state index in [4.69, 9.17) is 0 Å². The topological polar surface area (TPSA) is 62.2 Å². The van der Waals surface area contributed by atoms with Gasteiger partial charge in [0.05, 0.1) is 11.7 Å². The standard InChI is InChI=1S/C15H16N2O2/c1-11(12-7-3-2-4-8-12)17-15(19)14(18)13-9-5-6-10-16-13/h2-11,14,18H,1H3,(H,17,19)/t11-,14?/m1/s1. The molecule has 1 amide bonds. The fraction of sp³-hybridized carbons (Fsp3) is 0.200. The van der Waals surface area contributed by atoms with E-state index in [1.807, 2.05) is 37.3 Å². The predicted molar refractivity (Wildman–Crippen MR) is 72.2 cm³/mol. The molecule has 0 fully saturated rings. The number of nitrogens with one attached hydrogen (secondary N) is 1. The van der Waals surface area contributed by atoms with Gasteiger partial charge in [0.25, 0.3) is 5.91 Å². The highest BCUT2D eigenvalue weighted by Gasteiger charge is 2.20. The SMILES string of the molecule is C[C@@H](NC(=O)C(O)c1ccccn1)c1ccccc1. The second kappa shape index (κ2) is 6.11. The molecule has 0 spiro atoms. The largest absolute Gasteiger partial charge is 0.377 e. The summed E-state index contributed by atoms with van der Waals surface area (Å²) in [6.45, 7) is 1.87. The zero-order valence-corrected chi connectivity index (χ0v) is 10.7. The van der Waals surface area contributed by atoms with Gasteiger partial charge in [-0.1, -0.05) is 36.4 Å². The minimum Gasteiger partial charge on any atom is -0.377 e. The lowest BCUT2D eigenvalue weighted by molar-refractivity contribution is -0.130. The van der Waals surface area contributed by atoms with E-state index < -0.39 is 12.0 Å². The number of rotatable bonds is 4. The van der Waals surface area contributed by atoms with Gasteiger partial charge in [-0.05, 0) is 24.6 Å². The smallest absolute Gasteiger partial charge is 0.255 e. The summed E-state index contributed by atoms with van der Waals surface area (Å²) in [6, 6.07) is 14.5. The summed E-state index contributed by atoms with van der Waals surface area (Å²) >= 11 is 0. The van der Waals surface area contributed by atoms with Crippen LogP contribution in [-0.4, -0.2) is 16.0 Å². The maximum Gasteiger partial charge on any atom is 0.255 e. The number of pyridine rings is 1. The molecular weight excluding hydrogens is 240 g/mol. The summed E-state index contributed by atoms with van der Waals surface area (Å²) in [5.74, 6) is -0.449. The third kappa shape index (κ3) is 3.39. The van der Waals surface area contributed by atoms with Crippen LogP contribution in [0.5, 0.6) is 0 Å². The number of hydrogen-bond acceptors (Lipinski definition) is 3. The van der Waals surface area contributed by atoms with Crippen molar-refractivity contribution in [3.8, 4) is 0 Å². The molecule has 2 N–H and O–H groups in total. The van der Waals surface area contributed by atoms with Crippen LogP contribution < -0.4 is 5.32 Å². The number of nitrogens with zero attached hydrogens (tertiary/aromatic N) is 1. The van der Waals surface area contributed by atoms with Crippen LogP contribution in [-0.2, 0) is 4.79 Å². The summed E-state index contributed by atoms with van der Waals surface area (Å²) in [6.07, 6.45) is 0.305. The first kappa shape index (κ1) is 13.2. The highest BCUT2D eigenvalue weighted by atomic mass is 16.3. The van der Waals surface area contributed by atoms with Gasteiger partial charge in [0.15, 0.2) is 6.10 Å². The van der Waals surface area contributed by atoms with Gasteiger partial charge >= 0.3 is 0 Å². The lowest BCUT2D eigenvalue weighted by Crippen LogP contribution is -2.31. The Morgan fingerprint density at radius 1 is 1.16 bits per heavy atom. The second-order valence-electron chi connectivity index (χ2n) is 4.30. The van der Waals surface area contributed by atoms with E-state index in [1.165, 1.54) is 0 Å². The molecule has 0 aliphatic heterocycles. The van der Waals surface area contributed by atoms with Gasteiger partial charge in [0, 0.05) is 6.20 Å². The predicted octanol–water partition coefficient (Wildman–Crippen LogP) is 1.99. The third-order valence-corrected chi connectivity index (χ3v) is 2.87. The average molecular weight is 256 g/mol. The van der Waals surface area contributed by atoms with Crippen LogP contribution in [0.1, 0.15) is 30.3 Å². The van der Waals surface area contributed by atoms with Crippen LogP contribution in [0.4, 0.5) is 0 Å². The van der Waals surface area contributed by atoms with Crippen molar-refractivity contribution in [3.63, 3.8) is 0 Å². The lowest BCUT2D eigenvalue weighted by atomic mass is 10.1. The van der Waals surface area contributed by atoms with Crippen molar-refractivity contribution in [1.82, 2.24) is 10.3 Å². The molecule has 1 aromatic heterocycles. The first-order valence-corrected chi connectivity index (χ1v) is 6.13. The Bertz CT molecular complexity index is 528. The van der Waals surface area contributed by atoms with Crippen LogP contribution in [0.25, 0.3) is 0 Å². The molecule has 4 nitrogen and oxygen atoms in total. The van der Waals surface area contributed by atoms with E-state index in [1.54, 1.807) is 24.4 Å². The molecule has 1 heterocycles. The van der Waals surface area contributed by atoms with Crippen LogP contribution >= 0.6 is 0 Å². The minimum atomic E-state index is -1.24. The highest BCUT2D eigenvalue weighted by molar-refractivity contribution is 5.81. The molecule has 1 unspecified atom stereocenters. The molecule has 2 atom stereocenters. The number of aliphatic hydroxyl groups is 1. The van der Waals surface area contributed by atoms with Gasteiger partial charge in [-0.2, -0.15) is 0 Å².